The van der Waals surface area contributed by atoms with Gasteiger partial charge in [0.1, 0.15) is 12.4 Å². The maximum absolute atomic E-state index is 12.9. The van der Waals surface area contributed by atoms with Gasteiger partial charge in [-0.05, 0) is 42.8 Å². The van der Waals surface area contributed by atoms with E-state index in [0.29, 0.717) is 10.4 Å². The SMILES string of the molecule is CCc1ccc(C(=O)COC(=O)Cn2nc(-c3ccc(F)cc3)oc2=O)s1. The molecule has 0 bridgehead atoms. The number of hydrogen-bond acceptors (Lipinski definition) is 7. The molecule has 7 nitrogen and oxygen atoms in total. The molecule has 3 aromatic rings. The minimum absolute atomic E-state index is 0.0467. The molecular formula is C18H15FN2O5S. The normalized spacial score (nSPS) is 10.7. The van der Waals surface area contributed by atoms with Crippen molar-refractivity contribution in [1.82, 2.24) is 9.78 Å². The summed E-state index contributed by atoms with van der Waals surface area (Å²) in [4.78, 5) is 37.3. The van der Waals surface area contributed by atoms with Gasteiger partial charge in [0, 0.05) is 10.4 Å². The molecule has 140 valence electrons. The Labute approximate surface area is 157 Å². The molecule has 9 heteroatoms. The fraction of sp³-hybridized carbons (Fsp3) is 0.222. The highest BCUT2D eigenvalue weighted by Crippen LogP contribution is 2.18. The Morgan fingerprint density at radius 1 is 1.22 bits per heavy atom. The molecule has 27 heavy (non-hydrogen) atoms. The molecule has 0 spiro atoms. The van der Waals surface area contributed by atoms with Gasteiger partial charge in [0.25, 0.3) is 0 Å². The third kappa shape index (κ3) is 4.56. The van der Waals surface area contributed by atoms with Gasteiger partial charge in [0.2, 0.25) is 11.7 Å². The third-order valence-electron chi connectivity index (χ3n) is 3.63. The number of hydrogen-bond donors (Lipinski definition) is 0. The Balaban J connectivity index is 1.60. The van der Waals surface area contributed by atoms with Crippen molar-refractivity contribution in [2.24, 2.45) is 0 Å². The van der Waals surface area contributed by atoms with E-state index in [1.165, 1.54) is 35.6 Å². The summed E-state index contributed by atoms with van der Waals surface area (Å²) in [6.07, 6.45) is 0.823. The zero-order chi connectivity index (χ0) is 19.4. The van der Waals surface area contributed by atoms with Crippen molar-refractivity contribution in [2.75, 3.05) is 6.61 Å². The first-order chi connectivity index (χ1) is 13.0. The van der Waals surface area contributed by atoms with E-state index in [2.05, 4.69) is 5.10 Å². The average Bonchev–Trinajstić information content (AvgIpc) is 3.27. The van der Waals surface area contributed by atoms with Gasteiger partial charge in [-0.1, -0.05) is 6.92 Å². The highest BCUT2D eigenvalue weighted by atomic mass is 32.1. The second kappa shape index (κ2) is 8.09. The zero-order valence-electron chi connectivity index (χ0n) is 14.3. The molecule has 2 aromatic heterocycles. The van der Waals surface area contributed by atoms with Crippen molar-refractivity contribution in [3.05, 3.63) is 62.5 Å². The highest BCUT2D eigenvalue weighted by molar-refractivity contribution is 7.14. The van der Waals surface area contributed by atoms with Crippen molar-refractivity contribution >= 4 is 23.1 Å². The summed E-state index contributed by atoms with van der Waals surface area (Å²) in [6, 6.07) is 8.73. The van der Waals surface area contributed by atoms with E-state index in [-0.39, 0.29) is 11.7 Å². The van der Waals surface area contributed by atoms with Crippen molar-refractivity contribution in [3.8, 4) is 11.5 Å². The maximum Gasteiger partial charge on any atom is 0.437 e. The number of halogens is 1. The minimum Gasteiger partial charge on any atom is -0.456 e. The van der Waals surface area contributed by atoms with Crippen LogP contribution in [-0.2, 0) is 22.5 Å². The van der Waals surface area contributed by atoms with Gasteiger partial charge in [-0.15, -0.1) is 16.4 Å². The Kier molecular flexibility index (Phi) is 5.60. The number of rotatable bonds is 7. The number of aryl methyl sites for hydroxylation is 1. The first-order valence-electron chi connectivity index (χ1n) is 8.07. The number of nitrogens with zero attached hydrogens (tertiary/aromatic N) is 2. The van der Waals surface area contributed by atoms with E-state index in [1.54, 1.807) is 6.07 Å². The molecule has 0 aliphatic rings. The predicted molar refractivity (Wildman–Crippen MR) is 95.1 cm³/mol. The van der Waals surface area contributed by atoms with Gasteiger partial charge in [0.15, 0.2) is 6.61 Å². The molecule has 0 unspecified atom stereocenters. The lowest BCUT2D eigenvalue weighted by Gasteiger charge is -2.02. The van der Waals surface area contributed by atoms with Gasteiger partial charge >= 0.3 is 11.7 Å². The number of carbonyl (C=O) groups is 2. The quantitative estimate of drug-likeness (QED) is 0.455. The van der Waals surface area contributed by atoms with Crippen LogP contribution < -0.4 is 5.76 Å². The van der Waals surface area contributed by atoms with Crippen LogP contribution in [0.5, 0.6) is 0 Å². The fourth-order valence-electron chi connectivity index (χ4n) is 2.22. The number of carbonyl (C=O) groups excluding carboxylic acids is 2. The third-order valence-corrected chi connectivity index (χ3v) is 4.90. The van der Waals surface area contributed by atoms with Crippen LogP contribution in [0.25, 0.3) is 11.5 Å². The van der Waals surface area contributed by atoms with Crippen LogP contribution in [0.15, 0.2) is 45.6 Å². The van der Waals surface area contributed by atoms with Crippen LogP contribution in [0.2, 0.25) is 0 Å². The molecule has 0 saturated heterocycles. The molecular weight excluding hydrogens is 375 g/mol. The summed E-state index contributed by atoms with van der Waals surface area (Å²) >= 11 is 1.35. The number of thiophene rings is 1. The Bertz CT molecular complexity index is 1020. The number of benzene rings is 1. The molecule has 0 amide bonds. The lowest BCUT2D eigenvalue weighted by molar-refractivity contribution is -0.143. The van der Waals surface area contributed by atoms with E-state index in [0.717, 1.165) is 16.0 Å². The molecule has 0 saturated carbocycles. The summed E-state index contributed by atoms with van der Waals surface area (Å²) in [6.45, 7) is 1.07. The molecule has 1 aromatic carbocycles. The predicted octanol–water partition coefficient (Wildman–Crippen LogP) is 2.69. The lowest BCUT2D eigenvalue weighted by Crippen LogP contribution is -2.24. The van der Waals surface area contributed by atoms with Gasteiger partial charge in [-0.25, -0.2) is 9.18 Å². The minimum atomic E-state index is -0.858. The van der Waals surface area contributed by atoms with Crippen molar-refractivity contribution < 1.29 is 23.1 Å². The molecule has 0 radical (unpaired) electrons. The number of aromatic nitrogens is 2. The first kappa shape index (κ1) is 18.7. The van der Waals surface area contributed by atoms with Crippen LogP contribution in [0.1, 0.15) is 21.5 Å². The van der Waals surface area contributed by atoms with Crippen LogP contribution >= 0.6 is 11.3 Å². The topological polar surface area (TPSA) is 91.4 Å². The average molecular weight is 390 g/mol. The number of ether oxygens (including phenoxy) is 1. The molecule has 0 aliphatic heterocycles. The molecule has 0 aliphatic carbocycles. The monoisotopic (exact) mass is 390 g/mol. The van der Waals surface area contributed by atoms with E-state index in [9.17, 15) is 18.8 Å². The van der Waals surface area contributed by atoms with Crippen LogP contribution in [0.4, 0.5) is 4.39 Å². The lowest BCUT2D eigenvalue weighted by atomic mass is 10.2. The smallest absolute Gasteiger partial charge is 0.437 e. The Morgan fingerprint density at radius 2 is 1.96 bits per heavy atom. The van der Waals surface area contributed by atoms with Crippen LogP contribution in [0, 0.1) is 5.82 Å². The Hall–Kier alpha value is -3.07. The maximum atomic E-state index is 12.9. The molecule has 0 N–H and O–H groups in total. The van der Waals surface area contributed by atoms with E-state index < -0.39 is 30.7 Å². The molecule has 0 fully saturated rings. The molecule has 2 heterocycles. The van der Waals surface area contributed by atoms with Gasteiger partial charge < -0.3 is 9.15 Å². The van der Waals surface area contributed by atoms with Crippen molar-refractivity contribution in [1.29, 1.82) is 0 Å². The van der Waals surface area contributed by atoms with Gasteiger partial charge in [0.05, 0.1) is 4.88 Å². The fourth-order valence-corrected chi connectivity index (χ4v) is 3.09. The number of ketones is 1. The molecule has 3 rings (SSSR count). The second-order valence-corrected chi connectivity index (χ2v) is 6.71. The first-order valence-corrected chi connectivity index (χ1v) is 8.89. The summed E-state index contributed by atoms with van der Waals surface area (Å²) in [5.41, 5.74) is 0.389. The largest absolute Gasteiger partial charge is 0.456 e. The Morgan fingerprint density at radius 3 is 2.63 bits per heavy atom. The van der Waals surface area contributed by atoms with E-state index in [4.69, 9.17) is 9.15 Å². The van der Waals surface area contributed by atoms with Crippen LogP contribution in [-0.4, -0.2) is 28.1 Å². The second-order valence-electron chi connectivity index (χ2n) is 5.54. The summed E-state index contributed by atoms with van der Waals surface area (Å²) in [5.74, 6) is -2.45. The number of esters is 1. The summed E-state index contributed by atoms with van der Waals surface area (Å²) in [7, 11) is 0. The van der Waals surface area contributed by atoms with Crippen LogP contribution in [0.3, 0.4) is 0 Å². The van der Waals surface area contributed by atoms with E-state index >= 15 is 0 Å². The standard InChI is InChI=1S/C18H15FN2O5S/c1-2-13-7-8-15(27-13)14(22)10-25-16(23)9-21-18(24)26-17(20-21)11-3-5-12(19)6-4-11/h3-8H,2,9-10H2,1H3. The van der Waals surface area contributed by atoms with Gasteiger partial charge in [-0.3, -0.25) is 9.59 Å². The highest BCUT2D eigenvalue weighted by Gasteiger charge is 2.16. The molecule has 0 atom stereocenters. The van der Waals surface area contributed by atoms with Gasteiger partial charge in [-0.2, -0.15) is 4.68 Å². The summed E-state index contributed by atoms with van der Waals surface area (Å²) in [5, 5.41) is 3.88. The van der Waals surface area contributed by atoms with E-state index in [1.807, 2.05) is 13.0 Å². The zero-order valence-corrected chi connectivity index (χ0v) is 15.1. The summed E-state index contributed by atoms with van der Waals surface area (Å²) < 4.78 is 23.6. The van der Waals surface area contributed by atoms with Crippen molar-refractivity contribution in [2.45, 2.75) is 19.9 Å². The number of Topliss-reactive ketones (excluding diaryl/α,β-unsaturated/α-hetero) is 1. The van der Waals surface area contributed by atoms with Crippen molar-refractivity contribution in [3.63, 3.8) is 0 Å².